The van der Waals surface area contributed by atoms with Gasteiger partial charge in [0.05, 0.1) is 5.60 Å². The molecule has 0 amide bonds. The Morgan fingerprint density at radius 1 is 1.30 bits per heavy atom. The normalized spacial score (nSPS) is 27.1. The monoisotopic (exact) mass is 269 g/mol. The first-order valence-electron chi connectivity index (χ1n) is 7.66. The maximum absolute atomic E-state index is 11.2. The molecular formula is C18H23NO. The molecule has 2 nitrogen and oxygen atoms in total. The van der Waals surface area contributed by atoms with Crippen molar-refractivity contribution in [2.45, 2.75) is 45.1 Å². The van der Waals surface area contributed by atoms with E-state index in [0.717, 1.165) is 35.6 Å². The molecule has 2 unspecified atom stereocenters. The van der Waals surface area contributed by atoms with E-state index in [1.807, 2.05) is 18.5 Å². The van der Waals surface area contributed by atoms with Crippen molar-refractivity contribution in [1.82, 2.24) is 4.98 Å². The number of aromatic nitrogens is 1. The number of pyridine rings is 1. The quantitative estimate of drug-likeness (QED) is 0.883. The second-order valence-corrected chi connectivity index (χ2v) is 6.53. The summed E-state index contributed by atoms with van der Waals surface area (Å²) < 4.78 is 0. The largest absolute Gasteiger partial charge is 0.385 e. The Morgan fingerprint density at radius 3 is 2.95 bits per heavy atom. The van der Waals surface area contributed by atoms with Gasteiger partial charge >= 0.3 is 0 Å². The Bertz CT molecular complexity index is 602. The van der Waals surface area contributed by atoms with E-state index in [0.29, 0.717) is 11.8 Å². The van der Waals surface area contributed by atoms with Gasteiger partial charge in [0.15, 0.2) is 0 Å². The first-order chi connectivity index (χ1) is 9.60. The number of rotatable bonds is 2. The molecule has 1 aliphatic rings. The number of hydrogen-bond donors (Lipinski definition) is 1. The fourth-order valence-electron chi connectivity index (χ4n) is 3.63. The molecule has 0 bridgehead atoms. The molecule has 2 heteroatoms. The standard InChI is InChI=1S/C18H23NO/c1-13(2)15-6-4-9-18(20,11-15)17-7-3-5-14-8-10-19-12-16(14)17/h3,5,7-8,10,12-13,15,20H,4,6,9,11H2,1-2H3. The average molecular weight is 269 g/mol. The zero-order chi connectivity index (χ0) is 14.2. The van der Waals surface area contributed by atoms with Gasteiger partial charge in [-0.05, 0) is 54.5 Å². The van der Waals surface area contributed by atoms with E-state index < -0.39 is 5.60 Å². The summed E-state index contributed by atoms with van der Waals surface area (Å²) in [5.41, 5.74) is 0.379. The summed E-state index contributed by atoms with van der Waals surface area (Å²) in [6.45, 7) is 4.53. The molecule has 1 N–H and O–H groups in total. The lowest BCUT2D eigenvalue weighted by molar-refractivity contribution is -0.0283. The van der Waals surface area contributed by atoms with Crippen LogP contribution in [0.2, 0.25) is 0 Å². The Balaban J connectivity index is 2.05. The second kappa shape index (κ2) is 5.17. The first-order valence-corrected chi connectivity index (χ1v) is 7.66. The van der Waals surface area contributed by atoms with Crippen LogP contribution >= 0.6 is 0 Å². The molecular weight excluding hydrogens is 246 g/mol. The summed E-state index contributed by atoms with van der Waals surface area (Å²) in [6, 6.07) is 8.24. The lowest BCUT2D eigenvalue weighted by Gasteiger charge is -2.39. The number of hydrogen-bond acceptors (Lipinski definition) is 2. The number of benzene rings is 1. The highest BCUT2D eigenvalue weighted by Crippen LogP contribution is 2.44. The second-order valence-electron chi connectivity index (χ2n) is 6.53. The van der Waals surface area contributed by atoms with Crippen molar-refractivity contribution in [2.24, 2.45) is 11.8 Å². The average Bonchev–Trinajstić information content (AvgIpc) is 2.46. The van der Waals surface area contributed by atoms with Crippen LogP contribution in [0, 0.1) is 11.8 Å². The van der Waals surface area contributed by atoms with Crippen molar-refractivity contribution in [3.05, 3.63) is 42.2 Å². The van der Waals surface area contributed by atoms with Crippen LogP contribution in [0.4, 0.5) is 0 Å². The predicted molar refractivity (Wildman–Crippen MR) is 82.4 cm³/mol. The van der Waals surface area contributed by atoms with Gasteiger partial charge in [0.2, 0.25) is 0 Å². The maximum Gasteiger partial charge on any atom is 0.0905 e. The summed E-state index contributed by atoms with van der Waals surface area (Å²) in [4.78, 5) is 4.24. The molecule has 0 spiro atoms. The minimum absolute atomic E-state index is 0.612. The van der Waals surface area contributed by atoms with Crippen LogP contribution in [-0.2, 0) is 5.60 Å². The summed E-state index contributed by atoms with van der Waals surface area (Å²) in [5, 5.41) is 13.5. The molecule has 1 fully saturated rings. The molecule has 0 aliphatic heterocycles. The van der Waals surface area contributed by atoms with E-state index in [2.05, 4.69) is 37.0 Å². The van der Waals surface area contributed by atoms with E-state index in [-0.39, 0.29) is 0 Å². The summed E-state index contributed by atoms with van der Waals surface area (Å²) in [7, 11) is 0. The third-order valence-corrected chi connectivity index (χ3v) is 4.89. The zero-order valence-corrected chi connectivity index (χ0v) is 12.3. The highest BCUT2D eigenvalue weighted by molar-refractivity contribution is 5.85. The first kappa shape index (κ1) is 13.6. The van der Waals surface area contributed by atoms with Gasteiger partial charge < -0.3 is 5.11 Å². The summed E-state index contributed by atoms with van der Waals surface area (Å²) in [5.74, 6) is 1.25. The van der Waals surface area contributed by atoms with Crippen LogP contribution in [0.15, 0.2) is 36.7 Å². The van der Waals surface area contributed by atoms with Crippen molar-refractivity contribution < 1.29 is 5.11 Å². The van der Waals surface area contributed by atoms with E-state index >= 15 is 0 Å². The minimum Gasteiger partial charge on any atom is -0.385 e. The molecule has 2 atom stereocenters. The maximum atomic E-state index is 11.2. The topological polar surface area (TPSA) is 33.1 Å². The van der Waals surface area contributed by atoms with Gasteiger partial charge in [0.1, 0.15) is 0 Å². The van der Waals surface area contributed by atoms with Crippen LogP contribution in [0.5, 0.6) is 0 Å². The highest BCUT2D eigenvalue weighted by Gasteiger charge is 2.37. The molecule has 1 heterocycles. The fourth-order valence-corrected chi connectivity index (χ4v) is 3.63. The molecule has 3 rings (SSSR count). The molecule has 0 radical (unpaired) electrons. The van der Waals surface area contributed by atoms with Gasteiger partial charge in [0, 0.05) is 17.8 Å². The zero-order valence-electron chi connectivity index (χ0n) is 12.3. The SMILES string of the molecule is CC(C)C1CCCC(O)(c2cccc3ccncc23)C1. The minimum atomic E-state index is -0.685. The van der Waals surface area contributed by atoms with Crippen LogP contribution in [0.3, 0.4) is 0 Å². The molecule has 1 aliphatic carbocycles. The van der Waals surface area contributed by atoms with Gasteiger partial charge in [-0.25, -0.2) is 0 Å². The third-order valence-electron chi connectivity index (χ3n) is 4.89. The predicted octanol–water partition coefficient (Wildman–Crippen LogP) is 4.27. The highest BCUT2D eigenvalue weighted by atomic mass is 16.3. The molecule has 1 saturated carbocycles. The number of nitrogens with zero attached hydrogens (tertiary/aromatic N) is 1. The number of aliphatic hydroxyl groups is 1. The summed E-state index contributed by atoms with van der Waals surface area (Å²) >= 11 is 0. The van der Waals surface area contributed by atoms with Crippen LogP contribution in [0.1, 0.15) is 45.1 Å². The molecule has 0 saturated heterocycles. The molecule has 1 aromatic heterocycles. The van der Waals surface area contributed by atoms with E-state index in [4.69, 9.17) is 0 Å². The van der Waals surface area contributed by atoms with Gasteiger partial charge in [-0.1, -0.05) is 32.0 Å². The van der Waals surface area contributed by atoms with Gasteiger partial charge in [-0.15, -0.1) is 0 Å². The smallest absolute Gasteiger partial charge is 0.0905 e. The Hall–Kier alpha value is -1.41. The van der Waals surface area contributed by atoms with Crippen molar-refractivity contribution in [2.75, 3.05) is 0 Å². The Kier molecular flexibility index (Phi) is 3.51. The fraction of sp³-hybridized carbons (Fsp3) is 0.500. The van der Waals surface area contributed by atoms with Crippen LogP contribution in [-0.4, -0.2) is 10.1 Å². The van der Waals surface area contributed by atoms with Crippen LogP contribution in [0.25, 0.3) is 10.8 Å². The van der Waals surface area contributed by atoms with Crippen molar-refractivity contribution in [3.8, 4) is 0 Å². The lowest BCUT2D eigenvalue weighted by Crippen LogP contribution is -2.34. The van der Waals surface area contributed by atoms with E-state index in [1.54, 1.807) is 0 Å². The van der Waals surface area contributed by atoms with Gasteiger partial charge in [-0.2, -0.15) is 0 Å². The number of fused-ring (bicyclic) bond motifs is 1. The van der Waals surface area contributed by atoms with Crippen molar-refractivity contribution in [3.63, 3.8) is 0 Å². The van der Waals surface area contributed by atoms with Crippen molar-refractivity contribution >= 4 is 10.8 Å². The lowest BCUT2D eigenvalue weighted by atomic mass is 9.70. The third kappa shape index (κ3) is 2.33. The van der Waals surface area contributed by atoms with E-state index in [9.17, 15) is 5.11 Å². The van der Waals surface area contributed by atoms with Crippen molar-refractivity contribution in [1.29, 1.82) is 0 Å². The van der Waals surface area contributed by atoms with E-state index in [1.165, 1.54) is 6.42 Å². The molecule has 1 aromatic carbocycles. The van der Waals surface area contributed by atoms with Crippen LogP contribution < -0.4 is 0 Å². The Labute approximate surface area is 120 Å². The van der Waals surface area contributed by atoms with Gasteiger partial charge in [-0.3, -0.25) is 4.98 Å². The molecule has 2 aromatic rings. The summed E-state index contributed by atoms with van der Waals surface area (Å²) in [6.07, 6.45) is 7.79. The molecule has 106 valence electrons. The van der Waals surface area contributed by atoms with Gasteiger partial charge in [0.25, 0.3) is 0 Å². The Morgan fingerprint density at radius 2 is 2.15 bits per heavy atom. The molecule has 20 heavy (non-hydrogen) atoms.